The highest BCUT2D eigenvalue weighted by Gasteiger charge is 2.21. The van der Waals surface area contributed by atoms with Crippen molar-refractivity contribution in [2.45, 2.75) is 38.8 Å². The highest BCUT2D eigenvalue weighted by atomic mass is 16.6. The van der Waals surface area contributed by atoms with E-state index in [0.717, 1.165) is 28.0 Å². The van der Waals surface area contributed by atoms with Gasteiger partial charge in [-0.05, 0) is 62.7 Å². The summed E-state index contributed by atoms with van der Waals surface area (Å²) in [5.74, 6) is 1.13. The minimum atomic E-state index is -0.548. The Morgan fingerprint density at radius 3 is 2.67 bits per heavy atom. The predicted octanol–water partition coefficient (Wildman–Crippen LogP) is 3.76. The quantitative estimate of drug-likeness (QED) is 0.393. The van der Waals surface area contributed by atoms with Gasteiger partial charge in [0, 0.05) is 31.2 Å². The van der Waals surface area contributed by atoms with Gasteiger partial charge in [-0.25, -0.2) is 19.7 Å². The number of nitrogens with two attached hydrogens (primary N) is 1. The first kappa shape index (κ1) is 23.3. The molecule has 0 saturated carbocycles. The number of imidazole rings is 1. The lowest BCUT2D eigenvalue weighted by molar-refractivity contribution is 0.0523. The average molecular weight is 485 g/mol. The Morgan fingerprint density at radius 1 is 1.17 bits per heavy atom. The van der Waals surface area contributed by atoms with Crippen molar-refractivity contribution in [3.63, 3.8) is 0 Å². The highest BCUT2D eigenvalue weighted by Crippen LogP contribution is 2.31. The van der Waals surface area contributed by atoms with E-state index in [0.29, 0.717) is 30.4 Å². The lowest BCUT2D eigenvalue weighted by Gasteiger charge is -2.19. The van der Waals surface area contributed by atoms with E-state index < -0.39 is 11.7 Å². The second-order valence-electron chi connectivity index (χ2n) is 9.55. The monoisotopic (exact) mass is 484 g/mol. The second kappa shape index (κ2) is 9.29. The maximum Gasteiger partial charge on any atom is 0.407 e. The van der Waals surface area contributed by atoms with Gasteiger partial charge in [-0.3, -0.25) is 4.57 Å². The summed E-state index contributed by atoms with van der Waals surface area (Å²) >= 11 is 0. The number of amides is 1. The molecule has 36 heavy (non-hydrogen) atoms. The molecule has 10 nitrogen and oxygen atoms in total. The fourth-order valence-corrected chi connectivity index (χ4v) is 3.99. The average Bonchev–Trinajstić information content (AvgIpc) is 3.50. The van der Waals surface area contributed by atoms with Crippen molar-refractivity contribution < 1.29 is 9.53 Å². The number of hydrogen-bond acceptors (Lipinski definition) is 8. The molecule has 4 heterocycles. The molecule has 0 radical (unpaired) electrons. The minimum absolute atomic E-state index is 0.0889. The number of carbonyl (C=O) groups is 1. The summed E-state index contributed by atoms with van der Waals surface area (Å²) in [4.78, 5) is 26.1. The van der Waals surface area contributed by atoms with Crippen molar-refractivity contribution in [1.29, 1.82) is 0 Å². The Morgan fingerprint density at radius 2 is 1.97 bits per heavy atom. The molecule has 0 saturated heterocycles. The molecular formula is C26H28N8O2. The molecule has 0 spiro atoms. The molecule has 10 heteroatoms. The number of nitrogens with zero attached hydrogens (tertiary/aromatic N) is 5. The van der Waals surface area contributed by atoms with Crippen LogP contribution in [0, 0.1) is 0 Å². The number of carbonyl (C=O) groups excluding carboxylic acids is 1. The third-order valence-electron chi connectivity index (χ3n) is 5.67. The lowest BCUT2D eigenvalue weighted by Crippen LogP contribution is -2.32. The van der Waals surface area contributed by atoms with E-state index in [2.05, 4.69) is 20.8 Å². The van der Waals surface area contributed by atoms with Crippen molar-refractivity contribution in [2.24, 2.45) is 5.10 Å². The van der Waals surface area contributed by atoms with Crippen LogP contribution in [0.15, 0.2) is 59.8 Å². The molecule has 1 atom stereocenters. The number of ether oxygens (including phenoxy) is 1. The molecule has 1 aliphatic heterocycles. The van der Waals surface area contributed by atoms with E-state index >= 15 is 0 Å². The van der Waals surface area contributed by atoms with Crippen LogP contribution in [0.2, 0.25) is 0 Å². The zero-order valence-corrected chi connectivity index (χ0v) is 20.4. The largest absolute Gasteiger partial charge is 0.444 e. The standard InChI is InChI=1S/C26H28N8O2/c1-26(2,3)36-25(35)29-13-16-6-8-18(9-7-16)34-23(19-5-4-12-28-22(19)27)33-21-11-10-20(32-24(21)34)17-14-30-31-15-17/h4-12,14,17,31H,13,15H2,1-3H3,(H2,27,28)(H,29,35). The van der Waals surface area contributed by atoms with Crippen LogP contribution in [0.4, 0.5) is 10.6 Å². The number of hydrazone groups is 1. The van der Waals surface area contributed by atoms with E-state index in [-0.39, 0.29) is 5.92 Å². The first-order chi connectivity index (χ1) is 17.3. The number of nitrogens with one attached hydrogen (secondary N) is 2. The number of benzene rings is 1. The number of nitrogen functional groups attached to an aromatic ring is 1. The molecule has 4 aromatic rings. The fourth-order valence-electron chi connectivity index (χ4n) is 3.99. The van der Waals surface area contributed by atoms with E-state index in [1.807, 2.05) is 80.1 Å². The van der Waals surface area contributed by atoms with E-state index in [1.54, 1.807) is 6.20 Å². The summed E-state index contributed by atoms with van der Waals surface area (Å²) in [5, 5.41) is 6.91. The lowest BCUT2D eigenvalue weighted by atomic mass is 10.1. The molecule has 0 fully saturated rings. The predicted molar refractivity (Wildman–Crippen MR) is 139 cm³/mol. The van der Waals surface area contributed by atoms with Gasteiger partial charge in [0.1, 0.15) is 16.9 Å². The van der Waals surface area contributed by atoms with Crippen molar-refractivity contribution >= 4 is 29.3 Å². The molecule has 1 unspecified atom stereocenters. The molecular weight excluding hydrogens is 456 g/mol. The Labute approximate surface area is 208 Å². The topological polar surface area (TPSA) is 132 Å². The van der Waals surface area contributed by atoms with Crippen LogP contribution in [0.25, 0.3) is 28.2 Å². The summed E-state index contributed by atoms with van der Waals surface area (Å²) in [6.07, 6.45) is 3.06. The van der Waals surface area contributed by atoms with Crippen molar-refractivity contribution in [2.75, 3.05) is 12.3 Å². The number of aromatic nitrogens is 4. The Balaban J connectivity index is 1.52. The van der Waals surface area contributed by atoms with Crippen LogP contribution in [0.5, 0.6) is 0 Å². The highest BCUT2D eigenvalue weighted by molar-refractivity contribution is 5.83. The van der Waals surface area contributed by atoms with Crippen LogP contribution in [-0.2, 0) is 11.3 Å². The van der Waals surface area contributed by atoms with E-state index in [1.165, 1.54) is 0 Å². The maximum absolute atomic E-state index is 12.0. The zero-order valence-electron chi connectivity index (χ0n) is 20.4. The number of fused-ring (bicyclic) bond motifs is 1. The molecule has 3 aromatic heterocycles. The molecule has 184 valence electrons. The van der Waals surface area contributed by atoms with Gasteiger partial charge < -0.3 is 21.2 Å². The van der Waals surface area contributed by atoms with Crippen LogP contribution >= 0.6 is 0 Å². The first-order valence-electron chi connectivity index (χ1n) is 11.7. The fraction of sp³-hybridized carbons (Fsp3) is 0.269. The summed E-state index contributed by atoms with van der Waals surface area (Å²) in [7, 11) is 0. The van der Waals surface area contributed by atoms with Crippen LogP contribution in [0.3, 0.4) is 0 Å². The normalized spacial score (nSPS) is 15.1. The molecule has 1 amide bonds. The van der Waals surface area contributed by atoms with Gasteiger partial charge in [0.25, 0.3) is 0 Å². The van der Waals surface area contributed by atoms with Crippen molar-refractivity contribution in [1.82, 2.24) is 30.3 Å². The molecule has 4 N–H and O–H groups in total. The molecule has 0 aliphatic carbocycles. The number of rotatable bonds is 5. The van der Waals surface area contributed by atoms with Gasteiger partial charge in [-0.15, -0.1) is 0 Å². The molecule has 1 aliphatic rings. The minimum Gasteiger partial charge on any atom is -0.444 e. The van der Waals surface area contributed by atoms with Gasteiger partial charge in [0.15, 0.2) is 11.5 Å². The van der Waals surface area contributed by atoms with Crippen molar-refractivity contribution in [3.05, 3.63) is 66.0 Å². The van der Waals surface area contributed by atoms with Crippen LogP contribution < -0.4 is 16.5 Å². The van der Waals surface area contributed by atoms with E-state index in [9.17, 15) is 4.79 Å². The summed E-state index contributed by atoms with van der Waals surface area (Å²) in [6.45, 7) is 6.55. The van der Waals surface area contributed by atoms with Gasteiger partial charge >= 0.3 is 6.09 Å². The summed E-state index contributed by atoms with van der Waals surface area (Å²) in [5.41, 5.74) is 13.5. The zero-order chi connectivity index (χ0) is 25.3. The van der Waals surface area contributed by atoms with E-state index in [4.69, 9.17) is 20.4 Å². The molecule has 0 bridgehead atoms. The number of hydrogen-bond donors (Lipinski definition) is 3. The Bertz CT molecular complexity index is 1440. The Hall–Kier alpha value is -4.47. The van der Waals surface area contributed by atoms with Gasteiger partial charge in [0.2, 0.25) is 0 Å². The second-order valence-corrected chi connectivity index (χ2v) is 9.55. The first-order valence-corrected chi connectivity index (χ1v) is 11.7. The summed E-state index contributed by atoms with van der Waals surface area (Å²) in [6, 6.07) is 15.5. The number of anilines is 1. The van der Waals surface area contributed by atoms with Crippen molar-refractivity contribution in [3.8, 4) is 17.1 Å². The Kier molecular flexibility index (Phi) is 6.01. The van der Waals surface area contributed by atoms with Crippen LogP contribution in [0.1, 0.15) is 37.9 Å². The summed E-state index contributed by atoms with van der Waals surface area (Å²) < 4.78 is 7.30. The van der Waals surface area contributed by atoms with Crippen LogP contribution in [-0.4, -0.2) is 44.0 Å². The molecule has 5 rings (SSSR count). The molecule has 1 aromatic carbocycles. The van der Waals surface area contributed by atoms with Gasteiger partial charge in [-0.1, -0.05) is 12.1 Å². The van der Waals surface area contributed by atoms with Gasteiger partial charge in [-0.2, -0.15) is 5.10 Å². The third-order valence-corrected chi connectivity index (χ3v) is 5.67. The smallest absolute Gasteiger partial charge is 0.407 e. The SMILES string of the molecule is CC(C)(C)OC(=O)NCc1ccc(-n2c(-c3cccnc3N)nc3ccc(C4C=NNC4)nc32)cc1. The van der Waals surface area contributed by atoms with Gasteiger partial charge in [0.05, 0.1) is 17.2 Å². The number of pyridine rings is 2. The third kappa shape index (κ3) is 4.83. The maximum atomic E-state index is 12.0. The number of alkyl carbamates (subject to hydrolysis) is 1.